The molecule has 1 unspecified atom stereocenters. The maximum atomic E-state index is 12.9. The fraction of sp³-hybridized carbons (Fsp3) is 0.150. The van der Waals surface area contributed by atoms with Gasteiger partial charge in [0.15, 0.2) is 0 Å². The summed E-state index contributed by atoms with van der Waals surface area (Å²) in [5.41, 5.74) is 1.53. The van der Waals surface area contributed by atoms with Gasteiger partial charge in [-0.1, -0.05) is 30.3 Å². The average molecular weight is 368 g/mol. The van der Waals surface area contributed by atoms with E-state index in [-0.39, 0.29) is 11.9 Å². The van der Waals surface area contributed by atoms with Gasteiger partial charge in [0.05, 0.1) is 16.3 Å². The first-order valence-corrected chi connectivity index (χ1v) is 8.87. The smallest absolute Gasteiger partial charge is 0.294 e. The van der Waals surface area contributed by atoms with Crippen molar-refractivity contribution in [3.05, 3.63) is 71.0 Å². The first-order chi connectivity index (χ1) is 12.5. The third-order valence-corrected chi connectivity index (χ3v) is 5.28. The highest BCUT2D eigenvalue weighted by molar-refractivity contribution is 7.18. The summed E-state index contributed by atoms with van der Waals surface area (Å²) in [6.45, 7) is 1.84. The van der Waals surface area contributed by atoms with E-state index in [1.54, 1.807) is 7.05 Å². The molecule has 0 radical (unpaired) electrons. The lowest BCUT2D eigenvalue weighted by Crippen LogP contribution is -2.34. The summed E-state index contributed by atoms with van der Waals surface area (Å²) >= 11 is 1.50. The fourth-order valence-electron chi connectivity index (χ4n) is 2.40. The van der Waals surface area contributed by atoms with Crippen molar-refractivity contribution in [2.45, 2.75) is 13.0 Å². The van der Waals surface area contributed by atoms with E-state index >= 15 is 0 Å². The first-order valence-electron chi connectivity index (χ1n) is 8.06. The highest BCUT2D eigenvalue weighted by Gasteiger charge is 2.24. The molecule has 1 heterocycles. The number of halogens is 1. The third kappa shape index (κ3) is 3.86. The SMILES string of the molecule is CC(c1nc2ccccc2s1)N(C)C(=O)C(=O)C=Cc1ccc(F)cc1. The lowest BCUT2D eigenvalue weighted by molar-refractivity contribution is -0.142. The number of nitrogens with zero attached hydrogens (tertiary/aromatic N) is 2. The maximum absolute atomic E-state index is 12.9. The van der Waals surface area contributed by atoms with Crippen molar-refractivity contribution < 1.29 is 14.0 Å². The highest BCUT2D eigenvalue weighted by atomic mass is 32.1. The topological polar surface area (TPSA) is 50.3 Å². The molecule has 6 heteroatoms. The van der Waals surface area contributed by atoms with Crippen LogP contribution in [0.2, 0.25) is 0 Å². The molecule has 26 heavy (non-hydrogen) atoms. The second-order valence-electron chi connectivity index (χ2n) is 5.86. The summed E-state index contributed by atoms with van der Waals surface area (Å²) in [4.78, 5) is 30.5. The van der Waals surface area contributed by atoms with Crippen LogP contribution in [0.3, 0.4) is 0 Å². The minimum Gasteiger partial charge on any atom is -0.330 e. The quantitative estimate of drug-likeness (QED) is 0.500. The number of hydrogen-bond acceptors (Lipinski definition) is 4. The van der Waals surface area contributed by atoms with E-state index in [0.717, 1.165) is 15.2 Å². The van der Waals surface area contributed by atoms with Crippen LogP contribution in [0, 0.1) is 5.82 Å². The lowest BCUT2D eigenvalue weighted by atomic mass is 10.2. The molecule has 1 amide bonds. The number of likely N-dealkylation sites (N-methyl/N-ethyl adjacent to an activating group) is 1. The van der Waals surface area contributed by atoms with Crippen LogP contribution in [0.4, 0.5) is 4.39 Å². The number of hydrogen-bond donors (Lipinski definition) is 0. The monoisotopic (exact) mass is 368 g/mol. The Morgan fingerprint density at radius 1 is 1.15 bits per heavy atom. The molecule has 1 atom stereocenters. The predicted molar refractivity (Wildman–Crippen MR) is 101 cm³/mol. The zero-order chi connectivity index (χ0) is 18.7. The average Bonchev–Trinajstić information content (AvgIpc) is 3.09. The van der Waals surface area contributed by atoms with Crippen LogP contribution in [0.5, 0.6) is 0 Å². The molecule has 1 aromatic heterocycles. The van der Waals surface area contributed by atoms with E-state index in [0.29, 0.717) is 5.56 Å². The number of thiazole rings is 1. The summed E-state index contributed by atoms with van der Waals surface area (Å²) in [5.74, 6) is -1.60. The fourth-order valence-corrected chi connectivity index (χ4v) is 3.46. The second kappa shape index (κ2) is 7.58. The Hall–Kier alpha value is -2.86. The van der Waals surface area contributed by atoms with Gasteiger partial charge in [-0.3, -0.25) is 9.59 Å². The van der Waals surface area contributed by atoms with Gasteiger partial charge in [0.25, 0.3) is 5.91 Å². The zero-order valence-corrected chi connectivity index (χ0v) is 15.2. The number of aromatic nitrogens is 1. The molecule has 0 saturated carbocycles. The van der Waals surface area contributed by atoms with E-state index < -0.39 is 11.7 Å². The molecule has 0 aliphatic carbocycles. The van der Waals surface area contributed by atoms with Gasteiger partial charge in [-0.15, -0.1) is 11.3 Å². The molecule has 0 spiro atoms. The van der Waals surface area contributed by atoms with Gasteiger partial charge in [0.2, 0.25) is 5.78 Å². The molecular formula is C20H17FN2O2S. The van der Waals surface area contributed by atoms with Gasteiger partial charge >= 0.3 is 0 Å². The van der Waals surface area contributed by atoms with Crippen molar-refractivity contribution in [3.63, 3.8) is 0 Å². The molecule has 0 aliphatic heterocycles. The van der Waals surface area contributed by atoms with Crippen LogP contribution in [0.15, 0.2) is 54.6 Å². The van der Waals surface area contributed by atoms with Crippen molar-refractivity contribution in [1.82, 2.24) is 9.88 Å². The van der Waals surface area contributed by atoms with Gasteiger partial charge < -0.3 is 4.90 Å². The van der Waals surface area contributed by atoms with Crippen molar-refractivity contribution in [2.75, 3.05) is 7.05 Å². The number of fused-ring (bicyclic) bond motifs is 1. The Bertz CT molecular complexity index is 946. The Morgan fingerprint density at radius 2 is 1.85 bits per heavy atom. The van der Waals surface area contributed by atoms with E-state index in [1.165, 1.54) is 52.7 Å². The number of carbonyl (C=O) groups is 2. The van der Waals surface area contributed by atoms with E-state index in [2.05, 4.69) is 4.98 Å². The largest absolute Gasteiger partial charge is 0.330 e. The molecular weight excluding hydrogens is 351 g/mol. The summed E-state index contributed by atoms with van der Waals surface area (Å²) in [6.07, 6.45) is 2.70. The molecule has 0 saturated heterocycles. The number of benzene rings is 2. The van der Waals surface area contributed by atoms with Crippen molar-refractivity contribution in [2.24, 2.45) is 0 Å². The number of para-hydroxylation sites is 1. The number of carbonyl (C=O) groups excluding carboxylic acids is 2. The molecule has 0 N–H and O–H groups in total. The molecule has 3 aromatic rings. The number of rotatable bonds is 5. The number of ketones is 1. The molecule has 132 valence electrons. The Morgan fingerprint density at radius 3 is 2.54 bits per heavy atom. The molecule has 3 rings (SSSR count). The normalized spacial score (nSPS) is 12.4. The predicted octanol–water partition coefficient (Wildman–Crippen LogP) is 4.24. The van der Waals surface area contributed by atoms with Crippen molar-refractivity contribution in [3.8, 4) is 0 Å². The van der Waals surface area contributed by atoms with E-state index in [1.807, 2.05) is 31.2 Å². The second-order valence-corrected chi connectivity index (χ2v) is 6.92. The van der Waals surface area contributed by atoms with E-state index in [9.17, 15) is 14.0 Å². The van der Waals surface area contributed by atoms with Crippen LogP contribution >= 0.6 is 11.3 Å². The Balaban J connectivity index is 1.71. The Labute approximate surface area is 154 Å². The van der Waals surface area contributed by atoms with Gasteiger partial charge in [0.1, 0.15) is 10.8 Å². The van der Waals surface area contributed by atoms with Crippen LogP contribution in [0.25, 0.3) is 16.3 Å². The highest BCUT2D eigenvalue weighted by Crippen LogP contribution is 2.28. The molecule has 4 nitrogen and oxygen atoms in total. The van der Waals surface area contributed by atoms with Gasteiger partial charge in [-0.2, -0.15) is 0 Å². The Kier molecular flexibility index (Phi) is 5.23. The third-order valence-electron chi connectivity index (χ3n) is 4.08. The standard InChI is InChI=1S/C20H17FN2O2S/c1-13(19-22-16-5-3-4-6-18(16)26-19)23(2)20(25)17(24)12-9-14-7-10-15(21)11-8-14/h3-13H,1-2H3. The number of amides is 1. The maximum Gasteiger partial charge on any atom is 0.294 e. The molecule has 0 aliphatic rings. The summed E-state index contributed by atoms with van der Waals surface area (Å²) in [7, 11) is 1.59. The van der Waals surface area contributed by atoms with Crippen LogP contribution in [0.1, 0.15) is 23.5 Å². The minimum absolute atomic E-state index is 0.317. The van der Waals surface area contributed by atoms with Gasteiger partial charge in [-0.05, 0) is 42.8 Å². The van der Waals surface area contributed by atoms with E-state index in [4.69, 9.17) is 0 Å². The van der Waals surface area contributed by atoms with Crippen LogP contribution < -0.4 is 0 Å². The summed E-state index contributed by atoms with van der Waals surface area (Å²) in [5, 5.41) is 0.775. The molecule has 0 bridgehead atoms. The van der Waals surface area contributed by atoms with Crippen molar-refractivity contribution >= 4 is 39.3 Å². The van der Waals surface area contributed by atoms with Crippen LogP contribution in [-0.4, -0.2) is 28.6 Å². The first kappa shape index (κ1) is 17.9. The van der Waals surface area contributed by atoms with Crippen molar-refractivity contribution in [1.29, 1.82) is 0 Å². The summed E-state index contributed by atoms with van der Waals surface area (Å²) < 4.78 is 13.9. The molecule has 2 aromatic carbocycles. The lowest BCUT2D eigenvalue weighted by Gasteiger charge is -2.21. The van der Waals surface area contributed by atoms with Crippen LogP contribution in [-0.2, 0) is 9.59 Å². The molecule has 0 fully saturated rings. The van der Waals surface area contributed by atoms with Gasteiger partial charge in [0, 0.05) is 7.05 Å². The zero-order valence-electron chi connectivity index (χ0n) is 14.3. The summed E-state index contributed by atoms with van der Waals surface area (Å²) in [6, 6.07) is 13.1. The minimum atomic E-state index is -0.634. The van der Waals surface area contributed by atoms with Gasteiger partial charge in [-0.25, -0.2) is 9.37 Å².